The Kier molecular flexibility index (Phi) is 6.25. The zero-order valence-corrected chi connectivity index (χ0v) is 16.9. The van der Waals surface area contributed by atoms with Crippen molar-refractivity contribution in [2.24, 2.45) is 11.8 Å². The predicted molar refractivity (Wildman–Crippen MR) is 103 cm³/mol. The van der Waals surface area contributed by atoms with Crippen LogP contribution in [-0.2, 0) is 9.59 Å². The van der Waals surface area contributed by atoms with E-state index < -0.39 is 30.1 Å². The maximum absolute atomic E-state index is 12.9. The van der Waals surface area contributed by atoms with Crippen molar-refractivity contribution < 1.29 is 19.2 Å². The number of hydrogen-bond donors (Lipinski definition) is 3. The molecule has 1 heterocycles. The lowest BCUT2D eigenvalue weighted by Crippen LogP contribution is -2.52. The number of amides is 6. The lowest BCUT2D eigenvalue weighted by Gasteiger charge is -2.34. The molecule has 3 aliphatic rings. The summed E-state index contributed by atoms with van der Waals surface area (Å²) in [6, 6.07) is -1.08. The van der Waals surface area contributed by atoms with Crippen molar-refractivity contribution in [3.05, 3.63) is 0 Å². The fourth-order valence-electron chi connectivity index (χ4n) is 4.86. The molecule has 0 aromatic rings. The lowest BCUT2D eigenvalue weighted by atomic mass is 9.75. The normalized spacial score (nSPS) is 31.4. The SMILES string of the molecule is C[C@H]1CCCC[C@@H]1NC(=O)NC(=O)CN1C(=O)N[C@](C)(C2CCCCC2)C1=O. The van der Waals surface area contributed by atoms with E-state index in [1.165, 1.54) is 0 Å². The summed E-state index contributed by atoms with van der Waals surface area (Å²) in [7, 11) is 0. The van der Waals surface area contributed by atoms with Gasteiger partial charge in [0.25, 0.3) is 5.91 Å². The summed E-state index contributed by atoms with van der Waals surface area (Å²) in [4.78, 5) is 50.5. The fourth-order valence-corrected chi connectivity index (χ4v) is 4.86. The van der Waals surface area contributed by atoms with E-state index in [1.807, 2.05) is 0 Å². The van der Waals surface area contributed by atoms with Crippen molar-refractivity contribution >= 4 is 23.9 Å². The van der Waals surface area contributed by atoms with Crippen LogP contribution in [0.4, 0.5) is 9.59 Å². The van der Waals surface area contributed by atoms with Crippen LogP contribution in [0.1, 0.15) is 71.6 Å². The first-order valence-corrected chi connectivity index (χ1v) is 10.6. The van der Waals surface area contributed by atoms with Gasteiger partial charge in [-0.3, -0.25) is 19.8 Å². The van der Waals surface area contributed by atoms with Crippen LogP contribution in [0.3, 0.4) is 0 Å². The van der Waals surface area contributed by atoms with Crippen LogP contribution >= 0.6 is 0 Å². The number of carbonyl (C=O) groups excluding carboxylic acids is 4. The summed E-state index contributed by atoms with van der Waals surface area (Å²) in [6.45, 7) is 3.39. The third-order valence-corrected chi connectivity index (χ3v) is 6.71. The van der Waals surface area contributed by atoms with Crippen molar-refractivity contribution in [3.63, 3.8) is 0 Å². The van der Waals surface area contributed by atoms with Crippen molar-refractivity contribution in [1.29, 1.82) is 0 Å². The van der Waals surface area contributed by atoms with Gasteiger partial charge in [-0.05, 0) is 44.4 Å². The molecule has 3 fully saturated rings. The van der Waals surface area contributed by atoms with Crippen molar-refractivity contribution in [1.82, 2.24) is 20.9 Å². The molecule has 6 amide bonds. The molecule has 0 aromatic carbocycles. The lowest BCUT2D eigenvalue weighted by molar-refractivity contribution is -0.136. The third-order valence-electron chi connectivity index (χ3n) is 6.71. The highest BCUT2D eigenvalue weighted by atomic mass is 16.2. The molecule has 0 aromatic heterocycles. The van der Waals surface area contributed by atoms with Crippen LogP contribution in [0.2, 0.25) is 0 Å². The average Bonchev–Trinajstić information content (AvgIpc) is 2.88. The number of nitrogens with zero attached hydrogens (tertiary/aromatic N) is 1. The first-order valence-electron chi connectivity index (χ1n) is 10.6. The van der Waals surface area contributed by atoms with E-state index in [9.17, 15) is 19.2 Å². The Balaban J connectivity index is 1.54. The van der Waals surface area contributed by atoms with Crippen LogP contribution in [0.25, 0.3) is 0 Å². The second-order valence-corrected chi connectivity index (χ2v) is 8.75. The van der Waals surface area contributed by atoms with Gasteiger partial charge in [0.1, 0.15) is 12.1 Å². The van der Waals surface area contributed by atoms with Gasteiger partial charge < -0.3 is 10.6 Å². The predicted octanol–water partition coefficient (Wildman–Crippen LogP) is 2.28. The monoisotopic (exact) mass is 392 g/mol. The van der Waals surface area contributed by atoms with Gasteiger partial charge in [0, 0.05) is 6.04 Å². The first kappa shape index (κ1) is 20.6. The quantitative estimate of drug-likeness (QED) is 0.638. The number of hydrogen-bond acceptors (Lipinski definition) is 4. The Morgan fingerprint density at radius 2 is 1.71 bits per heavy atom. The number of nitrogens with one attached hydrogen (secondary N) is 3. The summed E-state index contributed by atoms with van der Waals surface area (Å²) in [5.41, 5.74) is -0.961. The zero-order chi connectivity index (χ0) is 20.3. The molecule has 8 heteroatoms. The number of imide groups is 2. The van der Waals surface area contributed by atoms with E-state index >= 15 is 0 Å². The molecule has 1 aliphatic heterocycles. The van der Waals surface area contributed by atoms with E-state index in [-0.39, 0.29) is 17.9 Å². The second kappa shape index (κ2) is 8.49. The number of carbonyl (C=O) groups is 4. The van der Waals surface area contributed by atoms with E-state index in [0.717, 1.165) is 62.7 Å². The minimum absolute atomic E-state index is 0.0489. The van der Waals surface area contributed by atoms with Crippen molar-refractivity contribution in [2.75, 3.05) is 6.54 Å². The van der Waals surface area contributed by atoms with Crippen molar-refractivity contribution in [2.45, 2.75) is 83.2 Å². The Morgan fingerprint density at radius 3 is 2.39 bits per heavy atom. The van der Waals surface area contributed by atoms with Gasteiger partial charge in [-0.15, -0.1) is 0 Å². The summed E-state index contributed by atoms with van der Waals surface area (Å²) >= 11 is 0. The van der Waals surface area contributed by atoms with E-state index in [0.29, 0.717) is 5.92 Å². The highest BCUT2D eigenvalue weighted by Gasteiger charge is 2.52. The minimum Gasteiger partial charge on any atom is -0.335 e. The number of urea groups is 2. The first-order chi connectivity index (χ1) is 13.3. The van der Waals surface area contributed by atoms with Crippen LogP contribution in [0.15, 0.2) is 0 Å². The van der Waals surface area contributed by atoms with E-state index in [4.69, 9.17) is 0 Å². The summed E-state index contributed by atoms with van der Waals surface area (Å²) in [5, 5.41) is 7.89. The number of rotatable bonds is 4. The van der Waals surface area contributed by atoms with Gasteiger partial charge in [-0.2, -0.15) is 0 Å². The third kappa shape index (κ3) is 4.31. The molecule has 156 valence electrons. The van der Waals surface area contributed by atoms with Gasteiger partial charge in [0.2, 0.25) is 5.91 Å². The molecule has 2 aliphatic carbocycles. The summed E-state index contributed by atoms with van der Waals surface area (Å²) in [6.07, 6.45) is 9.20. The topological polar surface area (TPSA) is 108 Å². The molecule has 28 heavy (non-hydrogen) atoms. The minimum atomic E-state index is -0.961. The van der Waals surface area contributed by atoms with Crippen LogP contribution < -0.4 is 16.0 Å². The van der Waals surface area contributed by atoms with Gasteiger partial charge in [0.05, 0.1) is 0 Å². The van der Waals surface area contributed by atoms with E-state index in [1.54, 1.807) is 6.92 Å². The van der Waals surface area contributed by atoms with E-state index in [2.05, 4.69) is 22.9 Å². The van der Waals surface area contributed by atoms with Gasteiger partial charge in [-0.25, -0.2) is 9.59 Å². The molecular formula is C20H32N4O4. The molecule has 3 atom stereocenters. The smallest absolute Gasteiger partial charge is 0.325 e. The van der Waals surface area contributed by atoms with Gasteiger partial charge in [0.15, 0.2) is 0 Å². The molecule has 3 rings (SSSR count). The molecule has 0 bridgehead atoms. The fraction of sp³-hybridized carbons (Fsp3) is 0.800. The second-order valence-electron chi connectivity index (χ2n) is 8.75. The Hall–Kier alpha value is -2.12. The Bertz CT molecular complexity index is 646. The maximum Gasteiger partial charge on any atom is 0.325 e. The van der Waals surface area contributed by atoms with Gasteiger partial charge in [-0.1, -0.05) is 39.0 Å². The summed E-state index contributed by atoms with van der Waals surface area (Å²) < 4.78 is 0. The molecular weight excluding hydrogens is 360 g/mol. The molecule has 2 saturated carbocycles. The molecule has 0 spiro atoms. The molecule has 0 unspecified atom stereocenters. The summed E-state index contributed by atoms with van der Waals surface area (Å²) in [5.74, 6) is -0.572. The standard InChI is InChI=1S/C20H32N4O4/c1-13-8-6-7-11-15(13)21-18(27)22-16(25)12-24-17(26)20(2,23-19(24)28)14-9-4-3-5-10-14/h13-15H,3-12H2,1-2H3,(H,23,28)(H2,21,22,25,27)/t13-,15-,20+/m0/s1. The largest absolute Gasteiger partial charge is 0.335 e. The van der Waals surface area contributed by atoms with Crippen molar-refractivity contribution in [3.8, 4) is 0 Å². The van der Waals surface area contributed by atoms with Gasteiger partial charge >= 0.3 is 12.1 Å². The molecule has 3 N–H and O–H groups in total. The van der Waals surface area contributed by atoms with Crippen LogP contribution in [0.5, 0.6) is 0 Å². The Morgan fingerprint density at radius 1 is 1.07 bits per heavy atom. The highest BCUT2D eigenvalue weighted by Crippen LogP contribution is 2.36. The van der Waals surface area contributed by atoms with Crippen LogP contribution in [-0.4, -0.2) is 46.9 Å². The average molecular weight is 393 g/mol. The molecule has 8 nitrogen and oxygen atoms in total. The Labute approximate surface area is 166 Å². The zero-order valence-electron chi connectivity index (χ0n) is 16.9. The van der Waals surface area contributed by atoms with Crippen LogP contribution in [0, 0.1) is 11.8 Å². The highest BCUT2D eigenvalue weighted by molar-refractivity contribution is 6.10. The maximum atomic E-state index is 12.9. The molecule has 0 radical (unpaired) electrons. The molecule has 1 saturated heterocycles.